The standard InChI is InChI=1S/C13H26N2O3S/c1-13(2)6-4-5-11(12(13)16)14-7-9-15(10-8-14)19(3,17)18/h11-12,16H,4-10H2,1-3H3. The first-order valence-electron chi connectivity index (χ1n) is 7.09. The summed E-state index contributed by atoms with van der Waals surface area (Å²) >= 11 is 0. The zero-order valence-electron chi connectivity index (χ0n) is 12.2. The molecular weight excluding hydrogens is 264 g/mol. The van der Waals surface area contributed by atoms with Gasteiger partial charge in [-0.15, -0.1) is 0 Å². The lowest BCUT2D eigenvalue weighted by Gasteiger charge is -2.47. The summed E-state index contributed by atoms with van der Waals surface area (Å²) in [6.07, 6.45) is 4.17. The number of aliphatic hydroxyl groups is 1. The Kier molecular flexibility index (Phi) is 4.26. The van der Waals surface area contributed by atoms with Crippen molar-refractivity contribution < 1.29 is 13.5 Å². The zero-order chi connectivity index (χ0) is 14.3. The molecular formula is C13H26N2O3S. The lowest BCUT2D eigenvalue weighted by Crippen LogP contribution is -2.58. The molecule has 1 heterocycles. The van der Waals surface area contributed by atoms with E-state index in [1.165, 1.54) is 10.6 Å². The maximum absolute atomic E-state index is 11.5. The Morgan fingerprint density at radius 1 is 1.16 bits per heavy atom. The number of hydrogen-bond donors (Lipinski definition) is 1. The molecule has 0 amide bonds. The number of hydrogen-bond acceptors (Lipinski definition) is 4. The smallest absolute Gasteiger partial charge is 0.211 e. The molecule has 2 rings (SSSR count). The summed E-state index contributed by atoms with van der Waals surface area (Å²) in [5.74, 6) is 0. The van der Waals surface area contributed by atoms with E-state index in [0.717, 1.165) is 32.4 Å². The normalized spacial score (nSPS) is 34.3. The maximum Gasteiger partial charge on any atom is 0.211 e. The van der Waals surface area contributed by atoms with Crippen LogP contribution in [0.3, 0.4) is 0 Å². The van der Waals surface area contributed by atoms with Gasteiger partial charge in [0, 0.05) is 32.2 Å². The van der Waals surface area contributed by atoms with Crippen LogP contribution < -0.4 is 0 Å². The van der Waals surface area contributed by atoms with Crippen molar-refractivity contribution in [1.29, 1.82) is 0 Å². The van der Waals surface area contributed by atoms with E-state index < -0.39 is 10.0 Å². The van der Waals surface area contributed by atoms with Gasteiger partial charge >= 0.3 is 0 Å². The Hall–Kier alpha value is -0.170. The van der Waals surface area contributed by atoms with Crippen molar-refractivity contribution in [3.63, 3.8) is 0 Å². The molecule has 0 aromatic rings. The molecule has 2 unspecified atom stereocenters. The van der Waals surface area contributed by atoms with Crippen LogP contribution in [-0.4, -0.2) is 67.3 Å². The van der Waals surface area contributed by atoms with Crippen LogP contribution in [-0.2, 0) is 10.0 Å². The number of piperazine rings is 1. The number of rotatable bonds is 2. The fourth-order valence-corrected chi connectivity index (χ4v) is 4.17. The quantitative estimate of drug-likeness (QED) is 0.805. The minimum absolute atomic E-state index is 0.0309. The highest BCUT2D eigenvalue weighted by molar-refractivity contribution is 7.88. The molecule has 0 bridgehead atoms. The average Bonchev–Trinajstić information content (AvgIpc) is 2.32. The van der Waals surface area contributed by atoms with Gasteiger partial charge in [-0.3, -0.25) is 4.90 Å². The highest BCUT2D eigenvalue weighted by Crippen LogP contribution is 2.37. The van der Waals surface area contributed by atoms with E-state index in [2.05, 4.69) is 18.7 Å². The molecule has 0 radical (unpaired) electrons. The monoisotopic (exact) mass is 290 g/mol. The largest absolute Gasteiger partial charge is 0.391 e. The van der Waals surface area contributed by atoms with Crippen LogP contribution in [0.4, 0.5) is 0 Å². The third-order valence-electron chi connectivity index (χ3n) is 4.70. The Bertz CT molecular complexity index is 414. The molecule has 0 aromatic heterocycles. The minimum atomic E-state index is -3.07. The molecule has 0 aromatic carbocycles. The zero-order valence-corrected chi connectivity index (χ0v) is 13.0. The Morgan fingerprint density at radius 3 is 2.26 bits per heavy atom. The SMILES string of the molecule is CC1(C)CCCC(N2CCN(S(C)(=O)=O)CC2)C1O. The van der Waals surface area contributed by atoms with Gasteiger partial charge in [0.15, 0.2) is 0 Å². The van der Waals surface area contributed by atoms with E-state index in [1.54, 1.807) is 0 Å². The van der Waals surface area contributed by atoms with E-state index in [4.69, 9.17) is 0 Å². The van der Waals surface area contributed by atoms with Gasteiger partial charge in [-0.2, -0.15) is 4.31 Å². The summed E-state index contributed by atoms with van der Waals surface area (Å²) in [7, 11) is -3.07. The van der Waals surface area contributed by atoms with E-state index in [0.29, 0.717) is 13.1 Å². The minimum Gasteiger partial charge on any atom is -0.391 e. The summed E-state index contributed by atoms with van der Waals surface area (Å²) in [6.45, 7) is 6.79. The predicted molar refractivity (Wildman–Crippen MR) is 75.4 cm³/mol. The molecule has 2 aliphatic rings. The molecule has 2 atom stereocenters. The lowest BCUT2D eigenvalue weighted by atomic mass is 9.72. The first-order chi connectivity index (χ1) is 8.72. The van der Waals surface area contributed by atoms with Gasteiger partial charge in [-0.1, -0.05) is 20.3 Å². The molecule has 1 saturated heterocycles. The fourth-order valence-electron chi connectivity index (χ4n) is 3.34. The molecule has 5 nitrogen and oxygen atoms in total. The Morgan fingerprint density at radius 2 is 1.74 bits per heavy atom. The molecule has 1 aliphatic carbocycles. The van der Waals surface area contributed by atoms with E-state index in [9.17, 15) is 13.5 Å². The number of sulfonamides is 1. The van der Waals surface area contributed by atoms with Crippen molar-refractivity contribution in [3.8, 4) is 0 Å². The van der Waals surface area contributed by atoms with Crippen LogP contribution >= 0.6 is 0 Å². The summed E-state index contributed by atoms with van der Waals surface area (Å²) in [5, 5.41) is 10.5. The molecule has 112 valence electrons. The molecule has 6 heteroatoms. The molecule has 1 aliphatic heterocycles. The van der Waals surface area contributed by atoms with E-state index in [-0.39, 0.29) is 17.6 Å². The topological polar surface area (TPSA) is 60.9 Å². The van der Waals surface area contributed by atoms with E-state index >= 15 is 0 Å². The first-order valence-corrected chi connectivity index (χ1v) is 8.94. The second-order valence-corrected chi connectivity index (χ2v) is 8.57. The van der Waals surface area contributed by atoms with Crippen molar-refractivity contribution in [2.75, 3.05) is 32.4 Å². The van der Waals surface area contributed by atoms with Crippen molar-refractivity contribution in [2.45, 2.75) is 45.3 Å². The third-order valence-corrected chi connectivity index (χ3v) is 6.00. The highest BCUT2D eigenvalue weighted by atomic mass is 32.2. The van der Waals surface area contributed by atoms with Crippen LogP contribution in [0.25, 0.3) is 0 Å². The van der Waals surface area contributed by atoms with E-state index in [1.807, 2.05) is 0 Å². The molecule has 0 spiro atoms. The van der Waals surface area contributed by atoms with Gasteiger partial charge in [0.25, 0.3) is 0 Å². The molecule has 19 heavy (non-hydrogen) atoms. The summed E-state index contributed by atoms with van der Waals surface area (Å²) < 4.78 is 24.5. The Labute approximate surface area is 116 Å². The van der Waals surface area contributed by atoms with Gasteiger partial charge < -0.3 is 5.11 Å². The second-order valence-electron chi connectivity index (χ2n) is 6.59. The molecule has 2 fully saturated rings. The van der Waals surface area contributed by atoms with Crippen molar-refractivity contribution in [1.82, 2.24) is 9.21 Å². The lowest BCUT2D eigenvalue weighted by molar-refractivity contribution is -0.0634. The first kappa shape index (κ1) is 15.2. The Balaban J connectivity index is 1.98. The fraction of sp³-hybridized carbons (Fsp3) is 1.00. The van der Waals surface area contributed by atoms with Crippen LogP contribution in [0.1, 0.15) is 33.1 Å². The van der Waals surface area contributed by atoms with Crippen LogP contribution in [0, 0.1) is 5.41 Å². The van der Waals surface area contributed by atoms with Gasteiger partial charge in [-0.25, -0.2) is 8.42 Å². The number of aliphatic hydroxyl groups excluding tert-OH is 1. The summed E-state index contributed by atoms with van der Waals surface area (Å²) in [4.78, 5) is 2.27. The van der Waals surface area contributed by atoms with Gasteiger partial charge in [-0.05, 0) is 18.3 Å². The molecule has 1 saturated carbocycles. The van der Waals surface area contributed by atoms with Gasteiger partial charge in [0.1, 0.15) is 0 Å². The highest BCUT2D eigenvalue weighted by Gasteiger charge is 2.41. The predicted octanol–water partition coefficient (Wildman–Crippen LogP) is 0.503. The average molecular weight is 290 g/mol. The third kappa shape index (κ3) is 3.29. The van der Waals surface area contributed by atoms with Crippen molar-refractivity contribution in [2.24, 2.45) is 5.41 Å². The second kappa shape index (κ2) is 5.31. The van der Waals surface area contributed by atoms with Crippen LogP contribution in [0.15, 0.2) is 0 Å². The van der Waals surface area contributed by atoms with Crippen LogP contribution in [0.2, 0.25) is 0 Å². The van der Waals surface area contributed by atoms with Crippen molar-refractivity contribution >= 4 is 10.0 Å². The van der Waals surface area contributed by atoms with Crippen molar-refractivity contribution in [3.05, 3.63) is 0 Å². The molecule has 1 N–H and O–H groups in total. The summed E-state index contributed by atoms with van der Waals surface area (Å²) in [5.41, 5.74) is -0.0309. The van der Waals surface area contributed by atoms with Gasteiger partial charge in [0.05, 0.1) is 12.4 Å². The summed E-state index contributed by atoms with van der Waals surface area (Å²) in [6, 6.07) is 0.186. The van der Waals surface area contributed by atoms with Gasteiger partial charge in [0.2, 0.25) is 10.0 Å². The van der Waals surface area contributed by atoms with Crippen LogP contribution in [0.5, 0.6) is 0 Å². The number of nitrogens with zero attached hydrogens (tertiary/aromatic N) is 2. The maximum atomic E-state index is 11.5.